The molecule has 0 aliphatic carbocycles. The second kappa shape index (κ2) is 7.12. The summed E-state index contributed by atoms with van der Waals surface area (Å²) >= 11 is 0. The van der Waals surface area contributed by atoms with Crippen molar-refractivity contribution >= 4 is 6.09 Å². The molecule has 0 atom stereocenters. The first-order chi connectivity index (χ1) is 6.24. The topological polar surface area (TPSA) is 64.3 Å². The van der Waals surface area contributed by atoms with Gasteiger partial charge in [-0.15, -0.1) is 0 Å². The predicted molar refractivity (Wildman–Crippen MR) is 51.8 cm³/mol. The number of carbonyl (C=O) groups is 1. The molecule has 0 aromatic rings. The van der Waals surface area contributed by atoms with Gasteiger partial charge in [-0.1, -0.05) is 30.9 Å². The summed E-state index contributed by atoms with van der Waals surface area (Å²) in [6.07, 6.45) is 6.46. The van der Waals surface area contributed by atoms with E-state index in [0.29, 0.717) is 0 Å². The fourth-order valence-corrected chi connectivity index (χ4v) is 0.585. The molecular weight excluding hydrogens is 168 g/mol. The van der Waals surface area contributed by atoms with Gasteiger partial charge >= 0.3 is 6.09 Å². The van der Waals surface area contributed by atoms with Gasteiger partial charge in [0.25, 0.3) is 0 Å². The van der Waals surface area contributed by atoms with Crippen LogP contribution in [0, 0.1) is 0 Å². The minimum absolute atomic E-state index is 0.164. The van der Waals surface area contributed by atoms with Gasteiger partial charge in [-0.2, -0.15) is 0 Å². The number of amides is 1. The molecule has 0 aliphatic heterocycles. The highest BCUT2D eigenvalue weighted by atomic mass is 16.5. The average molecular weight is 182 g/mol. The maximum Gasteiger partial charge on any atom is 0.421 e. The van der Waals surface area contributed by atoms with Crippen LogP contribution < -0.4 is 11.3 Å². The molecule has 0 saturated heterocycles. The molecule has 0 aromatic carbocycles. The molecule has 72 valence electrons. The summed E-state index contributed by atoms with van der Waals surface area (Å²) in [5.41, 5.74) is 2.67. The molecule has 0 radical (unpaired) electrons. The molecule has 0 rings (SSSR count). The molecule has 0 saturated carbocycles. The lowest BCUT2D eigenvalue weighted by Crippen LogP contribution is -2.31. The Bertz CT molecular complexity index is 232. The SMILES string of the molecule is C=C/C(=C\C=C/C)COC(=O)NN. The number of nitrogens with one attached hydrogen (secondary N) is 1. The Morgan fingerprint density at radius 1 is 1.69 bits per heavy atom. The van der Waals surface area contributed by atoms with Gasteiger partial charge < -0.3 is 4.74 Å². The lowest BCUT2D eigenvalue weighted by atomic mass is 10.2. The number of carbonyl (C=O) groups excluding carboxylic acids is 1. The van der Waals surface area contributed by atoms with Crippen LogP contribution in [0.25, 0.3) is 0 Å². The maximum atomic E-state index is 10.6. The van der Waals surface area contributed by atoms with E-state index >= 15 is 0 Å². The second-order valence-corrected chi connectivity index (χ2v) is 2.19. The quantitative estimate of drug-likeness (QED) is 0.298. The number of ether oxygens (including phenoxy) is 1. The zero-order chi connectivity index (χ0) is 10.1. The number of allylic oxidation sites excluding steroid dienone is 3. The van der Waals surface area contributed by atoms with Gasteiger partial charge in [0.2, 0.25) is 0 Å². The first-order valence-electron chi connectivity index (χ1n) is 3.82. The molecule has 0 spiro atoms. The largest absolute Gasteiger partial charge is 0.444 e. The van der Waals surface area contributed by atoms with Gasteiger partial charge in [-0.25, -0.2) is 10.6 Å². The van der Waals surface area contributed by atoms with E-state index in [-0.39, 0.29) is 6.61 Å². The van der Waals surface area contributed by atoms with E-state index in [2.05, 4.69) is 6.58 Å². The van der Waals surface area contributed by atoms with Crippen LogP contribution in [0.5, 0.6) is 0 Å². The molecule has 0 fully saturated rings. The van der Waals surface area contributed by atoms with Gasteiger partial charge in [0.1, 0.15) is 6.61 Å². The fraction of sp³-hybridized carbons (Fsp3) is 0.222. The van der Waals surface area contributed by atoms with Gasteiger partial charge in [0, 0.05) is 0 Å². The lowest BCUT2D eigenvalue weighted by Gasteiger charge is -2.02. The zero-order valence-electron chi connectivity index (χ0n) is 7.62. The van der Waals surface area contributed by atoms with E-state index in [1.54, 1.807) is 12.2 Å². The van der Waals surface area contributed by atoms with E-state index in [1.165, 1.54) is 0 Å². The number of hydrogen-bond acceptors (Lipinski definition) is 3. The molecule has 0 unspecified atom stereocenters. The van der Waals surface area contributed by atoms with E-state index in [4.69, 9.17) is 10.6 Å². The molecule has 4 nitrogen and oxygen atoms in total. The Morgan fingerprint density at radius 3 is 2.85 bits per heavy atom. The standard InChI is InChI=1S/C9H14N2O2/c1-3-5-6-8(4-2)7-13-9(12)11-10/h3-6H,2,7,10H2,1H3,(H,11,12)/b5-3-,8-6+. The monoisotopic (exact) mass is 182 g/mol. The predicted octanol–water partition coefficient (Wildman–Crippen LogP) is 1.27. The Kier molecular flexibility index (Phi) is 6.27. The van der Waals surface area contributed by atoms with Crippen LogP contribution in [0.1, 0.15) is 6.92 Å². The summed E-state index contributed by atoms with van der Waals surface area (Å²) in [6, 6.07) is 0. The molecule has 1 amide bonds. The Morgan fingerprint density at radius 2 is 2.38 bits per heavy atom. The molecular formula is C9H14N2O2. The molecule has 0 aliphatic rings. The van der Waals surface area contributed by atoms with Crippen molar-refractivity contribution in [3.63, 3.8) is 0 Å². The van der Waals surface area contributed by atoms with Crippen molar-refractivity contribution in [2.45, 2.75) is 6.92 Å². The lowest BCUT2D eigenvalue weighted by molar-refractivity contribution is 0.156. The van der Waals surface area contributed by atoms with Gasteiger partial charge in [-0.05, 0) is 12.5 Å². The highest BCUT2D eigenvalue weighted by Crippen LogP contribution is 1.97. The third-order valence-electron chi connectivity index (χ3n) is 1.25. The fourth-order valence-electron chi connectivity index (χ4n) is 0.585. The summed E-state index contributed by atoms with van der Waals surface area (Å²) in [7, 11) is 0. The summed E-state index contributed by atoms with van der Waals surface area (Å²) in [5.74, 6) is 4.82. The summed E-state index contributed by atoms with van der Waals surface area (Å²) in [6.45, 7) is 5.63. The van der Waals surface area contributed by atoms with Crippen molar-refractivity contribution in [3.8, 4) is 0 Å². The third-order valence-corrected chi connectivity index (χ3v) is 1.25. The van der Waals surface area contributed by atoms with Crippen molar-refractivity contribution in [1.29, 1.82) is 0 Å². The molecule has 13 heavy (non-hydrogen) atoms. The number of hydrazine groups is 1. The van der Waals surface area contributed by atoms with Crippen LogP contribution in [0.4, 0.5) is 4.79 Å². The van der Waals surface area contributed by atoms with Crippen LogP contribution in [0.2, 0.25) is 0 Å². The van der Waals surface area contributed by atoms with Gasteiger partial charge in [0.15, 0.2) is 0 Å². The molecule has 0 bridgehead atoms. The van der Waals surface area contributed by atoms with Crippen molar-refractivity contribution in [2.75, 3.05) is 6.61 Å². The highest BCUT2D eigenvalue weighted by Gasteiger charge is 1.97. The van der Waals surface area contributed by atoms with Gasteiger partial charge in [-0.3, -0.25) is 5.43 Å². The number of hydrogen-bond donors (Lipinski definition) is 2. The Hall–Kier alpha value is -1.55. The molecule has 0 aromatic heterocycles. The first-order valence-corrected chi connectivity index (χ1v) is 3.82. The molecule has 3 N–H and O–H groups in total. The van der Waals surface area contributed by atoms with E-state index in [0.717, 1.165) is 5.57 Å². The smallest absolute Gasteiger partial charge is 0.421 e. The first kappa shape index (κ1) is 11.4. The summed E-state index contributed by atoms with van der Waals surface area (Å²) in [4.78, 5) is 10.6. The van der Waals surface area contributed by atoms with E-state index < -0.39 is 6.09 Å². The Labute approximate surface area is 77.7 Å². The van der Waals surface area contributed by atoms with E-state index in [9.17, 15) is 4.79 Å². The van der Waals surface area contributed by atoms with Crippen LogP contribution in [0.3, 0.4) is 0 Å². The molecule has 4 heteroatoms. The van der Waals surface area contributed by atoms with E-state index in [1.807, 2.05) is 24.5 Å². The van der Waals surface area contributed by atoms with Crippen LogP contribution in [0.15, 0.2) is 36.5 Å². The second-order valence-electron chi connectivity index (χ2n) is 2.19. The van der Waals surface area contributed by atoms with Crippen molar-refractivity contribution in [1.82, 2.24) is 5.43 Å². The maximum absolute atomic E-state index is 10.6. The van der Waals surface area contributed by atoms with Crippen molar-refractivity contribution in [3.05, 3.63) is 36.5 Å². The Balaban J connectivity index is 3.99. The van der Waals surface area contributed by atoms with Crippen LogP contribution in [-0.4, -0.2) is 12.7 Å². The van der Waals surface area contributed by atoms with Crippen molar-refractivity contribution < 1.29 is 9.53 Å². The molecule has 0 heterocycles. The average Bonchev–Trinajstić information content (AvgIpc) is 2.17. The third kappa shape index (κ3) is 5.69. The minimum atomic E-state index is -0.659. The summed E-state index contributed by atoms with van der Waals surface area (Å²) < 4.78 is 4.69. The van der Waals surface area contributed by atoms with Gasteiger partial charge in [0.05, 0.1) is 0 Å². The minimum Gasteiger partial charge on any atom is -0.444 e. The normalized spacial score (nSPS) is 11.4. The number of nitrogens with two attached hydrogens (primary N) is 1. The van der Waals surface area contributed by atoms with Crippen LogP contribution >= 0.6 is 0 Å². The number of rotatable bonds is 4. The zero-order valence-corrected chi connectivity index (χ0v) is 7.62. The summed E-state index contributed by atoms with van der Waals surface area (Å²) in [5, 5.41) is 0. The van der Waals surface area contributed by atoms with Crippen molar-refractivity contribution in [2.24, 2.45) is 5.84 Å². The van der Waals surface area contributed by atoms with Crippen LogP contribution in [-0.2, 0) is 4.74 Å². The highest BCUT2D eigenvalue weighted by molar-refractivity contribution is 5.66.